The first-order chi connectivity index (χ1) is 13.7. The van der Waals surface area contributed by atoms with Gasteiger partial charge in [0.05, 0.1) is 12.2 Å². The summed E-state index contributed by atoms with van der Waals surface area (Å²) in [5.74, 6) is 0.874. The SMILES string of the molecule is Cc1ccc(-c2noc(C3CCN3)n2)cc1NC(=O)c1cnc2ccccn12. The minimum atomic E-state index is -0.230. The van der Waals surface area contributed by atoms with Gasteiger partial charge in [-0.05, 0) is 43.7 Å². The summed E-state index contributed by atoms with van der Waals surface area (Å²) in [7, 11) is 0. The second-order valence-corrected chi connectivity index (χ2v) is 6.81. The minimum Gasteiger partial charge on any atom is -0.337 e. The first-order valence-corrected chi connectivity index (χ1v) is 9.10. The molecule has 1 saturated heterocycles. The molecule has 1 aromatic carbocycles. The van der Waals surface area contributed by atoms with Gasteiger partial charge in [0.1, 0.15) is 11.3 Å². The average molecular weight is 374 g/mol. The Morgan fingerprint density at radius 2 is 2.21 bits per heavy atom. The number of imidazole rings is 1. The fourth-order valence-corrected chi connectivity index (χ4v) is 3.18. The predicted molar refractivity (Wildman–Crippen MR) is 103 cm³/mol. The quantitative estimate of drug-likeness (QED) is 0.570. The zero-order valence-electron chi connectivity index (χ0n) is 15.2. The van der Waals surface area contributed by atoms with Crippen LogP contribution in [0.2, 0.25) is 0 Å². The Kier molecular flexibility index (Phi) is 3.91. The van der Waals surface area contributed by atoms with Crippen LogP contribution in [-0.4, -0.2) is 32.0 Å². The topological polar surface area (TPSA) is 97.4 Å². The number of fused-ring (bicyclic) bond motifs is 1. The number of aromatic nitrogens is 4. The number of pyridine rings is 1. The molecule has 1 fully saturated rings. The van der Waals surface area contributed by atoms with Crippen molar-refractivity contribution in [1.82, 2.24) is 24.8 Å². The van der Waals surface area contributed by atoms with E-state index in [-0.39, 0.29) is 11.9 Å². The molecule has 4 aromatic rings. The number of aryl methyl sites for hydroxylation is 1. The molecular formula is C20H18N6O2. The third-order valence-electron chi connectivity index (χ3n) is 4.96. The van der Waals surface area contributed by atoms with Gasteiger partial charge in [0.15, 0.2) is 0 Å². The lowest BCUT2D eigenvalue weighted by atomic mass is 10.1. The summed E-state index contributed by atoms with van der Waals surface area (Å²) in [5.41, 5.74) is 3.62. The van der Waals surface area contributed by atoms with E-state index in [4.69, 9.17) is 4.52 Å². The lowest BCUT2D eigenvalue weighted by molar-refractivity contribution is 0.102. The number of rotatable bonds is 4. The van der Waals surface area contributed by atoms with E-state index in [1.165, 1.54) is 0 Å². The molecule has 1 unspecified atom stereocenters. The zero-order valence-corrected chi connectivity index (χ0v) is 15.2. The van der Waals surface area contributed by atoms with Crippen LogP contribution in [0.5, 0.6) is 0 Å². The molecule has 1 aliphatic heterocycles. The summed E-state index contributed by atoms with van der Waals surface area (Å²) < 4.78 is 7.11. The fraction of sp³-hybridized carbons (Fsp3) is 0.200. The number of nitrogens with one attached hydrogen (secondary N) is 2. The van der Waals surface area contributed by atoms with Crippen LogP contribution < -0.4 is 10.6 Å². The summed E-state index contributed by atoms with van der Waals surface area (Å²) >= 11 is 0. The molecule has 1 atom stereocenters. The first kappa shape index (κ1) is 16.6. The molecule has 1 amide bonds. The highest BCUT2D eigenvalue weighted by Gasteiger charge is 2.25. The molecule has 0 radical (unpaired) electrons. The number of carbonyl (C=O) groups excluding carboxylic acids is 1. The van der Waals surface area contributed by atoms with Crippen molar-refractivity contribution in [2.24, 2.45) is 0 Å². The summed E-state index contributed by atoms with van der Waals surface area (Å²) in [4.78, 5) is 21.5. The van der Waals surface area contributed by atoms with E-state index >= 15 is 0 Å². The Hall–Kier alpha value is -3.52. The Labute approximate surface area is 160 Å². The molecule has 0 aliphatic carbocycles. The van der Waals surface area contributed by atoms with Crippen molar-refractivity contribution < 1.29 is 9.32 Å². The standard InChI is InChI=1S/C20H18N6O2/c1-12-5-6-13(18-24-20(28-25-18)14-7-8-21-14)10-15(12)23-19(27)16-11-22-17-4-2-3-9-26(16)17/h2-6,9-11,14,21H,7-8H2,1H3,(H,23,27). The van der Waals surface area contributed by atoms with Gasteiger partial charge in [-0.3, -0.25) is 9.20 Å². The average Bonchev–Trinajstić information content (AvgIpc) is 3.29. The van der Waals surface area contributed by atoms with Crippen molar-refractivity contribution in [2.75, 3.05) is 11.9 Å². The monoisotopic (exact) mass is 374 g/mol. The van der Waals surface area contributed by atoms with Crippen LogP contribution in [0.1, 0.15) is 34.4 Å². The van der Waals surface area contributed by atoms with Crippen LogP contribution in [0.15, 0.2) is 53.3 Å². The number of hydrogen-bond acceptors (Lipinski definition) is 6. The van der Waals surface area contributed by atoms with Gasteiger partial charge in [0.2, 0.25) is 11.7 Å². The third kappa shape index (κ3) is 2.84. The minimum absolute atomic E-state index is 0.140. The van der Waals surface area contributed by atoms with Gasteiger partial charge < -0.3 is 15.2 Å². The maximum atomic E-state index is 12.8. The fourth-order valence-electron chi connectivity index (χ4n) is 3.18. The zero-order chi connectivity index (χ0) is 19.1. The van der Waals surface area contributed by atoms with E-state index in [1.54, 1.807) is 10.6 Å². The highest BCUT2D eigenvalue weighted by atomic mass is 16.5. The highest BCUT2D eigenvalue weighted by Crippen LogP contribution is 2.27. The maximum absolute atomic E-state index is 12.8. The first-order valence-electron chi connectivity index (χ1n) is 9.10. The highest BCUT2D eigenvalue weighted by molar-refractivity contribution is 6.04. The molecule has 8 heteroatoms. The summed E-state index contributed by atoms with van der Waals surface area (Å²) in [6.07, 6.45) is 4.38. The van der Waals surface area contributed by atoms with E-state index in [9.17, 15) is 4.79 Å². The van der Waals surface area contributed by atoms with Crippen molar-refractivity contribution >= 4 is 17.2 Å². The van der Waals surface area contributed by atoms with Crippen molar-refractivity contribution in [1.29, 1.82) is 0 Å². The van der Waals surface area contributed by atoms with Crippen LogP contribution in [0.4, 0.5) is 5.69 Å². The Morgan fingerprint density at radius 3 is 3.04 bits per heavy atom. The van der Waals surface area contributed by atoms with E-state index < -0.39 is 0 Å². The van der Waals surface area contributed by atoms with E-state index in [1.807, 2.05) is 49.5 Å². The second-order valence-electron chi connectivity index (χ2n) is 6.81. The number of amides is 1. The number of carbonyl (C=O) groups is 1. The number of hydrogen-bond donors (Lipinski definition) is 2. The van der Waals surface area contributed by atoms with Crippen molar-refractivity contribution in [3.63, 3.8) is 0 Å². The summed E-state index contributed by atoms with van der Waals surface area (Å²) in [5, 5.41) is 10.3. The molecule has 0 bridgehead atoms. The number of benzene rings is 1. The van der Waals surface area contributed by atoms with E-state index in [2.05, 4.69) is 25.8 Å². The Balaban J connectivity index is 1.43. The lowest BCUT2D eigenvalue weighted by Gasteiger charge is -2.23. The van der Waals surface area contributed by atoms with Crippen LogP contribution >= 0.6 is 0 Å². The summed E-state index contributed by atoms with van der Waals surface area (Å²) in [6.45, 7) is 2.90. The molecule has 28 heavy (non-hydrogen) atoms. The van der Waals surface area contributed by atoms with Gasteiger partial charge in [-0.25, -0.2) is 4.98 Å². The van der Waals surface area contributed by atoms with Gasteiger partial charge in [0, 0.05) is 17.4 Å². The molecule has 2 N–H and O–H groups in total. The maximum Gasteiger partial charge on any atom is 0.274 e. The van der Waals surface area contributed by atoms with Crippen LogP contribution in [-0.2, 0) is 0 Å². The lowest BCUT2D eigenvalue weighted by Crippen LogP contribution is -2.35. The Bertz CT molecular complexity index is 1170. The van der Waals surface area contributed by atoms with Gasteiger partial charge in [-0.1, -0.05) is 23.4 Å². The van der Waals surface area contributed by atoms with Crippen LogP contribution in [0.25, 0.3) is 17.0 Å². The summed E-state index contributed by atoms with van der Waals surface area (Å²) in [6, 6.07) is 11.4. The molecule has 1 aliphatic rings. The largest absolute Gasteiger partial charge is 0.337 e. The van der Waals surface area contributed by atoms with Gasteiger partial charge >= 0.3 is 0 Å². The van der Waals surface area contributed by atoms with E-state index in [0.29, 0.717) is 23.1 Å². The van der Waals surface area contributed by atoms with Gasteiger partial charge in [-0.15, -0.1) is 0 Å². The third-order valence-corrected chi connectivity index (χ3v) is 4.96. The predicted octanol–water partition coefficient (Wildman–Crippen LogP) is 2.98. The molecule has 0 spiro atoms. The normalized spacial score (nSPS) is 16.1. The second kappa shape index (κ2) is 6.58. The van der Waals surface area contributed by atoms with Crippen molar-refractivity contribution in [2.45, 2.75) is 19.4 Å². The molecule has 0 saturated carbocycles. The molecule has 4 heterocycles. The number of anilines is 1. The molecular weight excluding hydrogens is 356 g/mol. The van der Waals surface area contributed by atoms with Crippen molar-refractivity contribution in [3.8, 4) is 11.4 Å². The molecule has 5 rings (SSSR count). The smallest absolute Gasteiger partial charge is 0.274 e. The van der Waals surface area contributed by atoms with Gasteiger partial charge in [0.25, 0.3) is 5.91 Å². The van der Waals surface area contributed by atoms with Gasteiger partial charge in [-0.2, -0.15) is 4.98 Å². The number of nitrogens with zero attached hydrogens (tertiary/aromatic N) is 4. The Morgan fingerprint density at radius 1 is 1.32 bits per heavy atom. The van der Waals surface area contributed by atoms with Crippen LogP contribution in [0.3, 0.4) is 0 Å². The molecule has 8 nitrogen and oxygen atoms in total. The molecule has 3 aromatic heterocycles. The van der Waals surface area contributed by atoms with Crippen molar-refractivity contribution in [3.05, 3.63) is 65.9 Å². The van der Waals surface area contributed by atoms with E-state index in [0.717, 1.165) is 29.7 Å². The van der Waals surface area contributed by atoms with Crippen LogP contribution in [0, 0.1) is 6.92 Å². The molecule has 140 valence electrons.